The molecule has 144 valence electrons. The summed E-state index contributed by atoms with van der Waals surface area (Å²) in [5.74, 6) is -0.770. The zero-order chi connectivity index (χ0) is 20.3. The van der Waals surface area contributed by atoms with Gasteiger partial charge in [0.15, 0.2) is 11.7 Å². The van der Waals surface area contributed by atoms with Gasteiger partial charge in [0.2, 0.25) is 5.78 Å². The monoisotopic (exact) mass is 380 g/mol. The number of carbonyl (C=O) groups excluding carboxylic acids is 2. The van der Waals surface area contributed by atoms with E-state index in [1.165, 1.54) is 13.0 Å². The number of esters is 1. The fraction of sp³-hybridized carbons (Fsp3) is 0.227. The van der Waals surface area contributed by atoms with Crippen molar-refractivity contribution >= 4 is 22.7 Å². The summed E-state index contributed by atoms with van der Waals surface area (Å²) in [5, 5.41) is 0.620. The van der Waals surface area contributed by atoms with Gasteiger partial charge >= 0.3 is 11.6 Å². The highest BCUT2D eigenvalue weighted by Gasteiger charge is 2.25. The molecule has 3 rings (SSSR count). The van der Waals surface area contributed by atoms with E-state index in [-0.39, 0.29) is 29.3 Å². The highest BCUT2D eigenvalue weighted by atomic mass is 16.6. The molecule has 6 nitrogen and oxygen atoms in total. The van der Waals surface area contributed by atoms with Crippen molar-refractivity contribution in [3.05, 3.63) is 75.6 Å². The van der Waals surface area contributed by atoms with Gasteiger partial charge < -0.3 is 13.9 Å². The van der Waals surface area contributed by atoms with Crippen molar-refractivity contribution in [2.24, 2.45) is 0 Å². The van der Waals surface area contributed by atoms with E-state index in [2.05, 4.69) is 0 Å². The van der Waals surface area contributed by atoms with E-state index >= 15 is 0 Å². The summed E-state index contributed by atoms with van der Waals surface area (Å²) in [6, 6.07) is 13.2. The van der Waals surface area contributed by atoms with Gasteiger partial charge in [-0.15, -0.1) is 0 Å². The average Bonchev–Trinajstić information content (AvgIpc) is 2.68. The number of hydrogen-bond donors (Lipinski definition) is 0. The second-order valence-electron chi connectivity index (χ2n) is 6.27. The fourth-order valence-corrected chi connectivity index (χ4v) is 2.91. The Bertz CT molecular complexity index is 1080. The van der Waals surface area contributed by atoms with E-state index in [1.54, 1.807) is 56.3 Å². The van der Waals surface area contributed by atoms with Crippen LogP contribution < -0.4 is 10.4 Å². The van der Waals surface area contributed by atoms with Gasteiger partial charge in [-0.25, -0.2) is 9.59 Å². The van der Waals surface area contributed by atoms with E-state index in [4.69, 9.17) is 13.9 Å². The molecule has 0 bridgehead atoms. The van der Waals surface area contributed by atoms with Gasteiger partial charge in [0.05, 0.1) is 6.61 Å². The smallest absolute Gasteiger partial charge is 0.347 e. The van der Waals surface area contributed by atoms with E-state index in [0.29, 0.717) is 16.5 Å². The van der Waals surface area contributed by atoms with E-state index < -0.39 is 17.7 Å². The molecule has 1 unspecified atom stereocenters. The fourth-order valence-electron chi connectivity index (χ4n) is 2.91. The van der Waals surface area contributed by atoms with Crippen LogP contribution in [-0.4, -0.2) is 24.5 Å². The molecule has 1 heterocycles. The van der Waals surface area contributed by atoms with Crippen LogP contribution in [0.15, 0.2) is 57.7 Å². The number of carbonyl (C=O) groups is 2. The summed E-state index contributed by atoms with van der Waals surface area (Å²) in [6.45, 7) is 5.21. The summed E-state index contributed by atoms with van der Waals surface area (Å²) < 4.78 is 16.1. The van der Waals surface area contributed by atoms with Crippen LogP contribution in [0.2, 0.25) is 0 Å². The van der Waals surface area contributed by atoms with Gasteiger partial charge in [0.25, 0.3) is 0 Å². The minimum atomic E-state index is -0.934. The van der Waals surface area contributed by atoms with E-state index in [0.717, 1.165) is 0 Å². The lowest BCUT2D eigenvalue weighted by atomic mass is 9.98. The number of fused-ring (bicyclic) bond motifs is 1. The number of ketones is 1. The number of benzene rings is 2. The van der Waals surface area contributed by atoms with Crippen LogP contribution in [0, 0.1) is 6.92 Å². The van der Waals surface area contributed by atoms with Crippen LogP contribution in [0.3, 0.4) is 0 Å². The van der Waals surface area contributed by atoms with Crippen LogP contribution in [0.1, 0.15) is 35.3 Å². The largest absolute Gasteiger partial charge is 0.478 e. The first-order valence-corrected chi connectivity index (χ1v) is 8.93. The molecular formula is C22H20O6. The average molecular weight is 380 g/mol. The summed E-state index contributed by atoms with van der Waals surface area (Å²) in [5.41, 5.74) is 0.752. The molecular weight excluding hydrogens is 360 g/mol. The highest BCUT2D eigenvalue weighted by Crippen LogP contribution is 2.32. The van der Waals surface area contributed by atoms with Crippen LogP contribution in [0.25, 0.3) is 11.0 Å². The molecule has 2 aromatic carbocycles. The highest BCUT2D eigenvalue weighted by molar-refractivity contribution is 6.17. The predicted octanol–water partition coefficient (Wildman–Crippen LogP) is 3.66. The first-order valence-electron chi connectivity index (χ1n) is 8.93. The molecule has 0 aliphatic rings. The van der Waals surface area contributed by atoms with E-state index in [1.807, 2.05) is 0 Å². The standard InChI is InChI=1S/C22H20O6/c1-4-26-22(25)14(3)27-17-11-10-16-13(2)12-18(23)28-21(16)19(17)20(24)15-8-6-5-7-9-15/h5-12,14H,4H2,1-3H3. The minimum absolute atomic E-state index is 0.0978. The molecule has 6 heteroatoms. The van der Waals surface area contributed by atoms with Crippen LogP contribution in [0.5, 0.6) is 5.75 Å². The number of rotatable bonds is 6. The van der Waals surface area contributed by atoms with Gasteiger partial charge in [0, 0.05) is 17.0 Å². The van der Waals surface area contributed by atoms with Crippen LogP contribution >= 0.6 is 0 Å². The normalized spacial score (nSPS) is 11.8. The molecule has 0 aliphatic heterocycles. The predicted molar refractivity (Wildman–Crippen MR) is 104 cm³/mol. The van der Waals surface area contributed by atoms with Crippen LogP contribution in [0.4, 0.5) is 0 Å². The first-order chi connectivity index (χ1) is 13.4. The molecule has 28 heavy (non-hydrogen) atoms. The molecule has 0 aliphatic carbocycles. The summed E-state index contributed by atoms with van der Waals surface area (Å²) in [6.07, 6.45) is -0.934. The number of ether oxygens (including phenoxy) is 2. The topological polar surface area (TPSA) is 82.8 Å². The van der Waals surface area contributed by atoms with E-state index in [9.17, 15) is 14.4 Å². The molecule has 0 radical (unpaired) electrons. The van der Waals surface area contributed by atoms with Gasteiger partial charge in [-0.3, -0.25) is 4.79 Å². The Morgan fingerprint density at radius 3 is 2.50 bits per heavy atom. The molecule has 3 aromatic rings. The van der Waals surface area contributed by atoms with Crippen molar-refractivity contribution in [1.82, 2.24) is 0 Å². The maximum atomic E-state index is 13.2. The van der Waals surface area contributed by atoms with Crippen LogP contribution in [-0.2, 0) is 9.53 Å². The van der Waals surface area contributed by atoms with Gasteiger partial charge in [0.1, 0.15) is 11.3 Å². The molecule has 0 saturated heterocycles. The molecule has 0 amide bonds. The lowest BCUT2D eigenvalue weighted by molar-refractivity contribution is -0.150. The molecule has 0 N–H and O–H groups in total. The Morgan fingerprint density at radius 1 is 1.11 bits per heavy atom. The number of aryl methyl sites for hydroxylation is 1. The van der Waals surface area contributed by atoms with Crippen molar-refractivity contribution in [3.63, 3.8) is 0 Å². The maximum Gasteiger partial charge on any atom is 0.347 e. The Labute approximate surface area is 161 Å². The van der Waals surface area contributed by atoms with Crippen molar-refractivity contribution in [2.75, 3.05) is 6.61 Å². The lowest BCUT2D eigenvalue weighted by Gasteiger charge is -2.17. The Kier molecular flexibility index (Phi) is 5.59. The number of hydrogen-bond acceptors (Lipinski definition) is 6. The Balaban J connectivity index is 2.19. The first kappa shape index (κ1) is 19.4. The Morgan fingerprint density at radius 2 is 1.82 bits per heavy atom. The van der Waals surface area contributed by atoms with Crippen molar-refractivity contribution < 1.29 is 23.5 Å². The molecule has 0 spiro atoms. The third-order valence-corrected chi connectivity index (χ3v) is 4.27. The molecule has 1 aromatic heterocycles. The summed E-state index contributed by atoms with van der Waals surface area (Å²) >= 11 is 0. The quantitative estimate of drug-likeness (QED) is 0.369. The zero-order valence-corrected chi connectivity index (χ0v) is 15.9. The third-order valence-electron chi connectivity index (χ3n) is 4.27. The minimum Gasteiger partial charge on any atom is -0.478 e. The molecule has 1 atom stereocenters. The molecule has 0 saturated carbocycles. The van der Waals surface area contributed by atoms with Crippen molar-refractivity contribution in [1.29, 1.82) is 0 Å². The zero-order valence-electron chi connectivity index (χ0n) is 15.9. The Hall–Kier alpha value is -3.41. The van der Waals surface area contributed by atoms with Gasteiger partial charge in [-0.05, 0) is 38.5 Å². The second kappa shape index (κ2) is 8.08. The third kappa shape index (κ3) is 3.81. The SMILES string of the molecule is CCOC(=O)C(C)Oc1ccc2c(C)cc(=O)oc2c1C(=O)c1ccccc1. The van der Waals surface area contributed by atoms with Gasteiger partial charge in [-0.2, -0.15) is 0 Å². The maximum absolute atomic E-state index is 13.2. The lowest BCUT2D eigenvalue weighted by Crippen LogP contribution is -2.27. The second-order valence-corrected chi connectivity index (χ2v) is 6.27. The summed E-state index contributed by atoms with van der Waals surface area (Å²) in [7, 11) is 0. The van der Waals surface area contributed by atoms with Crippen molar-refractivity contribution in [2.45, 2.75) is 26.9 Å². The summed E-state index contributed by atoms with van der Waals surface area (Å²) in [4.78, 5) is 37.1. The van der Waals surface area contributed by atoms with Gasteiger partial charge in [-0.1, -0.05) is 30.3 Å². The molecule has 0 fully saturated rings. The van der Waals surface area contributed by atoms with Crippen molar-refractivity contribution in [3.8, 4) is 5.75 Å².